The first-order valence-corrected chi connectivity index (χ1v) is 8.25. The van der Waals surface area contributed by atoms with E-state index in [2.05, 4.69) is 52.8 Å². The van der Waals surface area contributed by atoms with E-state index in [1.807, 2.05) is 0 Å². The van der Waals surface area contributed by atoms with Crippen LogP contribution in [0.15, 0.2) is 34.9 Å². The molecule has 0 saturated heterocycles. The van der Waals surface area contributed by atoms with Crippen molar-refractivity contribution in [1.82, 2.24) is 14.7 Å². The van der Waals surface area contributed by atoms with E-state index in [1.165, 1.54) is 22.7 Å². The predicted molar refractivity (Wildman–Crippen MR) is 82.8 cm³/mol. The first-order chi connectivity index (χ1) is 9.29. The van der Waals surface area contributed by atoms with E-state index >= 15 is 0 Å². The maximum atomic E-state index is 4.22. The minimum absolute atomic E-state index is 0.369. The van der Waals surface area contributed by atoms with E-state index in [4.69, 9.17) is 0 Å². The van der Waals surface area contributed by atoms with Gasteiger partial charge in [-0.1, -0.05) is 48.5 Å². The summed E-state index contributed by atoms with van der Waals surface area (Å²) in [5.41, 5.74) is 2.66. The number of rotatable bonds is 7. The molecule has 0 spiro atoms. The molecule has 1 heterocycles. The van der Waals surface area contributed by atoms with E-state index < -0.39 is 0 Å². The minimum atomic E-state index is 0.369. The molecule has 1 unspecified atom stereocenters. The smallest absolute Gasteiger partial charge is 0.169 e. The highest BCUT2D eigenvalue weighted by Crippen LogP contribution is 2.25. The van der Waals surface area contributed by atoms with Crippen LogP contribution in [0.5, 0.6) is 0 Å². The Kier molecular flexibility index (Phi) is 5.82. The lowest BCUT2D eigenvalue weighted by atomic mass is 10.1. The van der Waals surface area contributed by atoms with Crippen molar-refractivity contribution in [1.29, 1.82) is 0 Å². The Morgan fingerprint density at radius 1 is 1.42 bits per heavy atom. The lowest BCUT2D eigenvalue weighted by Gasteiger charge is -2.18. The highest BCUT2D eigenvalue weighted by Gasteiger charge is 2.12. The number of thioether (sulfide) groups is 1. The van der Waals surface area contributed by atoms with Gasteiger partial charge in [0.25, 0.3) is 0 Å². The van der Waals surface area contributed by atoms with Gasteiger partial charge in [0.05, 0.1) is 0 Å². The lowest BCUT2D eigenvalue weighted by Crippen LogP contribution is -2.24. The molecule has 5 heteroatoms. The molecule has 0 amide bonds. The maximum Gasteiger partial charge on any atom is 0.169 e. The summed E-state index contributed by atoms with van der Waals surface area (Å²) in [6.07, 6.45) is 2.76. The molecule has 2 rings (SSSR count). The Morgan fingerprint density at radius 3 is 3.00 bits per heavy atom. The SMILES string of the molecule is CCCNC(CSc1ncns1)c1cccc(C)c1. The molecule has 0 radical (unpaired) electrons. The summed E-state index contributed by atoms with van der Waals surface area (Å²) in [6.45, 7) is 5.37. The van der Waals surface area contributed by atoms with Crippen LogP contribution in [0.2, 0.25) is 0 Å². The van der Waals surface area contributed by atoms with Crippen molar-refractivity contribution in [2.75, 3.05) is 12.3 Å². The molecule has 1 N–H and O–H groups in total. The van der Waals surface area contributed by atoms with Gasteiger partial charge in [-0.3, -0.25) is 0 Å². The van der Waals surface area contributed by atoms with Crippen molar-refractivity contribution >= 4 is 23.3 Å². The zero-order valence-corrected chi connectivity index (χ0v) is 12.9. The second-order valence-electron chi connectivity index (χ2n) is 4.44. The third-order valence-corrected chi connectivity index (χ3v) is 4.69. The quantitative estimate of drug-likeness (QED) is 0.790. The Hall–Kier alpha value is -0.910. The van der Waals surface area contributed by atoms with Gasteiger partial charge in [0.1, 0.15) is 6.33 Å². The lowest BCUT2D eigenvalue weighted by molar-refractivity contribution is 0.577. The number of hydrogen-bond donors (Lipinski definition) is 1. The van der Waals surface area contributed by atoms with Crippen molar-refractivity contribution in [3.05, 3.63) is 41.7 Å². The first-order valence-electron chi connectivity index (χ1n) is 6.49. The average molecular weight is 293 g/mol. The number of benzene rings is 1. The monoisotopic (exact) mass is 293 g/mol. The molecule has 1 atom stereocenters. The fraction of sp³-hybridized carbons (Fsp3) is 0.429. The molecule has 19 heavy (non-hydrogen) atoms. The minimum Gasteiger partial charge on any atom is -0.309 e. The topological polar surface area (TPSA) is 37.8 Å². The normalized spacial score (nSPS) is 12.5. The number of aryl methyl sites for hydroxylation is 1. The second-order valence-corrected chi connectivity index (χ2v) is 6.49. The molecule has 0 fully saturated rings. The van der Waals surface area contributed by atoms with Crippen LogP contribution in [0.3, 0.4) is 0 Å². The van der Waals surface area contributed by atoms with Crippen LogP contribution in [-0.4, -0.2) is 21.7 Å². The van der Waals surface area contributed by atoms with Crippen LogP contribution < -0.4 is 5.32 Å². The van der Waals surface area contributed by atoms with Crippen molar-refractivity contribution in [3.63, 3.8) is 0 Å². The molecule has 0 aliphatic rings. The van der Waals surface area contributed by atoms with Crippen LogP contribution >= 0.6 is 23.3 Å². The largest absolute Gasteiger partial charge is 0.309 e. The van der Waals surface area contributed by atoms with Crippen molar-refractivity contribution < 1.29 is 0 Å². The molecule has 1 aromatic heterocycles. The van der Waals surface area contributed by atoms with Gasteiger partial charge in [-0.15, -0.1) is 0 Å². The molecule has 0 saturated carbocycles. The van der Waals surface area contributed by atoms with Crippen LogP contribution in [-0.2, 0) is 0 Å². The molecular formula is C14H19N3S2. The third-order valence-electron chi connectivity index (χ3n) is 2.80. The summed E-state index contributed by atoms with van der Waals surface area (Å²) in [4.78, 5) is 4.22. The van der Waals surface area contributed by atoms with Gasteiger partial charge in [0, 0.05) is 11.8 Å². The van der Waals surface area contributed by atoms with Crippen LogP contribution in [0.25, 0.3) is 0 Å². The van der Waals surface area contributed by atoms with E-state index in [0.29, 0.717) is 6.04 Å². The number of nitrogens with zero attached hydrogens (tertiary/aromatic N) is 2. The van der Waals surface area contributed by atoms with Gasteiger partial charge in [-0.25, -0.2) is 4.98 Å². The summed E-state index contributed by atoms with van der Waals surface area (Å²) in [5.74, 6) is 0.985. The molecule has 0 bridgehead atoms. The Bertz CT molecular complexity index is 485. The predicted octanol–water partition coefficient (Wildman–Crippen LogP) is 3.68. The van der Waals surface area contributed by atoms with Crippen LogP contribution in [0.1, 0.15) is 30.5 Å². The van der Waals surface area contributed by atoms with E-state index in [1.54, 1.807) is 18.1 Å². The Labute approximate surface area is 123 Å². The molecule has 1 aromatic carbocycles. The van der Waals surface area contributed by atoms with Gasteiger partial charge in [-0.2, -0.15) is 4.37 Å². The second kappa shape index (κ2) is 7.62. The maximum absolute atomic E-state index is 4.22. The fourth-order valence-electron chi connectivity index (χ4n) is 1.86. The molecule has 2 aromatic rings. The van der Waals surface area contributed by atoms with Crippen LogP contribution in [0, 0.1) is 6.92 Å². The molecular weight excluding hydrogens is 274 g/mol. The Balaban J connectivity index is 2.02. The first kappa shape index (κ1) is 14.5. The molecule has 102 valence electrons. The van der Waals surface area contributed by atoms with Crippen LogP contribution in [0.4, 0.5) is 0 Å². The van der Waals surface area contributed by atoms with Crippen molar-refractivity contribution in [3.8, 4) is 0 Å². The van der Waals surface area contributed by atoms with Gasteiger partial charge in [-0.05, 0) is 37.0 Å². The highest BCUT2D eigenvalue weighted by molar-refractivity contribution is 8.00. The Morgan fingerprint density at radius 2 is 2.32 bits per heavy atom. The zero-order valence-electron chi connectivity index (χ0n) is 11.3. The van der Waals surface area contributed by atoms with E-state index in [0.717, 1.165) is 23.1 Å². The highest BCUT2D eigenvalue weighted by atomic mass is 32.2. The van der Waals surface area contributed by atoms with Crippen molar-refractivity contribution in [2.24, 2.45) is 0 Å². The number of aromatic nitrogens is 2. The van der Waals surface area contributed by atoms with E-state index in [-0.39, 0.29) is 0 Å². The van der Waals surface area contributed by atoms with Gasteiger partial charge in [0.2, 0.25) is 0 Å². The summed E-state index contributed by atoms with van der Waals surface area (Å²) < 4.78 is 5.08. The molecule has 3 nitrogen and oxygen atoms in total. The summed E-state index contributed by atoms with van der Waals surface area (Å²) in [6, 6.07) is 9.09. The summed E-state index contributed by atoms with van der Waals surface area (Å²) >= 11 is 3.23. The molecule has 0 aliphatic heterocycles. The van der Waals surface area contributed by atoms with Gasteiger partial charge >= 0.3 is 0 Å². The standard InChI is InChI=1S/C14H19N3S2/c1-3-7-15-13(9-18-14-16-10-17-19-14)12-6-4-5-11(2)8-12/h4-6,8,10,13,15H,3,7,9H2,1-2H3. The van der Waals surface area contributed by atoms with Gasteiger partial charge < -0.3 is 5.32 Å². The van der Waals surface area contributed by atoms with E-state index in [9.17, 15) is 0 Å². The summed E-state index contributed by atoms with van der Waals surface area (Å²) in [7, 11) is 0. The summed E-state index contributed by atoms with van der Waals surface area (Å²) in [5, 5.41) is 3.61. The van der Waals surface area contributed by atoms with Crippen molar-refractivity contribution in [2.45, 2.75) is 30.6 Å². The third kappa shape index (κ3) is 4.60. The fourth-order valence-corrected chi connectivity index (χ4v) is 3.42. The average Bonchev–Trinajstić information content (AvgIpc) is 2.92. The number of nitrogens with one attached hydrogen (secondary N) is 1. The molecule has 0 aliphatic carbocycles. The zero-order chi connectivity index (χ0) is 13.5. The van der Waals surface area contributed by atoms with Gasteiger partial charge in [0.15, 0.2) is 4.34 Å². The number of hydrogen-bond acceptors (Lipinski definition) is 5.